The van der Waals surface area contributed by atoms with Gasteiger partial charge in [-0.15, -0.1) is 23.2 Å². The van der Waals surface area contributed by atoms with Crippen molar-refractivity contribution in [2.75, 3.05) is 11.8 Å². The molecule has 0 radical (unpaired) electrons. The highest BCUT2D eigenvalue weighted by Gasteiger charge is 2.31. The van der Waals surface area contributed by atoms with Crippen LogP contribution in [-0.2, 0) is 18.3 Å². The van der Waals surface area contributed by atoms with Crippen LogP contribution in [0.1, 0.15) is 23.6 Å². The quantitative estimate of drug-likeness (QED) is 0.628. The average molecular weight is 325 g/mol. The van der Waals surface area contributed by atoms with Crippen LogP contribution < -0.4 is 0 Å². The molecule has 21 heavy (non-hydrogen) atoms. The van der Waals surface area contributed by atoms with Crippen LogP contribution in [-0.4, -0.2) is 11.8 Å². The number of hydrogen-bond acceptors (Lipinski definition) is 0. The second-order valence-electron chi connectivity index (χ2n) is 5.40. The van der Waals surface area contributed by atoms with Gasteiger partial charge in [-0.25, -0.2) is 4.39 Å². The molecule has 0 aromatic heterocycles. The van der Waals surface area contributed by atoms with E-state index in [1.807, 2.05) is 6.07 Å². The highest BCUT2D eigenvalue weighted by molar-refractivity contribution is 6.22. The fourth-order valence-corrected chi connectivity index (χ4v) is 3.27. The third-order valence-electron chi connectivity index (χ3n) is 3.92. The van der Waals surface area contributed by atoms with Gasteiger partial charge in [0.1, 0.15) is 5.82 Å². The lowest BCUT2D eigenvalue weighted by Gasteiger charge is -2.30. The summed E-state index contributed by atoms with van der Waals surface area (Å²) in [5, 5.41) is 0. The fraction of sp³-hybridized carbons (Fsp3) is 0.333. The Bertz CT molecular complexity index is 574. The SMILES string of the molecule is CCc1ccc(CC(CCl)(CCl)c2cccc(F)c2)cc1. The summed E-state index contributed by atoms with van der Waals surface area (Å²) < 4.78 is 13.5. The van der Waals surface area contributed by atoms with E-state index in [2.05, 4.69) is 31.2 Å². The average Bonchev–Trinajstić information content (AvgIpc) is 2.53. The Kier molecular flexibility index (Phi) is 5.66. The maximum Gasteiger partial charge on any atom is 0.123 e. The van der Waals surface area contributed by atoms with Crippen molar-refractivity contribution in [2.45, 2.75) is 25.2 Å². The largest absolute Gasteiger partial charge is 0.207 e. The van der Waals surface area contributed by atoms with Crippen molar-refractivity contribution in [3.63, 3.8) is 0 Å². The van der Waals surface area contributed by atoms with Crippen LogP contribution in [0.15, 0.2) is 48.5 Å². The molecule has 0 fully saturated rings. The first-order valence-electron chi connectivity index (χ1n) is 7.09. The number of aryl methyl sites for hydroxylation is 1. The molecule has 0 saturated heterocycles. The van der Waals surface area contributed by atoms with E-state index >= 15 is 0 Å². The van der Waals surface area contributed by atoms with Gasteiger partial charge in [0, 0.05) is 17.2 Å². The van der Waals surface area contributed by atoms with Gasteiger partial charge in [-0.2, -0.15) is 0 Å². The maximum absolute atomic E-state index is 13.5. The van der Waals surface area contributed by atoms with E-state index in [4.69, 9.17) is 23.2 Å². The summed E-state index contributed by atoms with van der Waals surface area (Å²) >= 11 is 12.4. The lowest BCUT2D eigenvalue weighted by Crippen LogP contribution is -2.33. The van der Waals surface area contributed by atoms with Crippen molar-refractivity contribution >= 4 is 23.2 Å². The molecule has 0 saturated carbocycles. The van der Waals surface area contributed by atoms with Gasteiger partial charge in [-0.3, -0.25) is 0 Å². The molecule has 0 N–H and O–H groups in total. The summed E-state index contributed by atoms with van der Waals surface area (Å²) in [6.07, 6.45) is 1.72. The van der Waals surface area contributed by atoms with Crippen molar-refractivity contribution in [2.24, 2.45) is 0 Å². The molecule has 0 aliphatic carbocycles. The Balaban J connectivity index is 2.33. The predicted molar refractivity (Wildman–Crippen MR) is 89.0 cm³/mol. The van der Waals surface area contributed by atoms with Gasteiger partial charge < -0.3 is 0 Å². The maximum atomic E-state index is 13.5. The van der Waals surface area contributed by atoms with Crippen LogP contribution in [0, 0.1) is 5.82 Å². The molecule has 0 heterocycles. The number of halogens is 3. The van der Waals surface area contributed by atoms with Gasteiger partial charge in [0.2, 0.25) is 0 Å². The zero-order valence-corrected chi connectivity index (χ0v) is 13.6. The van der Waals surface area contributed by atoms with Crippen molar-refractivity contribution in [3.05, 3.63) is 71.0 Å². The summed E-state index contributed by atoms with van der Waals surface area (Å²) in [4.78, 5) is 0. The zero-order valence-electron chi connectivity index (χ0n) is 12.1. The van der Waals surface area contributed by atoms with E-state index in [9.17, 15) is 4.39 Å². The molecule has 0 bridgehead atoms. The van der Waals surface area contributed by atoms with E-state index in [0.29, 0.717) is 18.2 Å². The first-order valence-corrected chi connectivity index (χ1v) is 8.16. The molecule has 0 nitrogen and oxygen atoms in total. The first kappa shape index (κ1) is 16.3. The van der Waals surface area contributed by atoms with Crippen LogP contribution in [0.4, 0.5) is 4.39 Å². The first-order chi connectivity index (χ1) is 10.1. The standard InChI is InChI=1S/C18H19Cl2F/c1-2-14-6-8-15(9-7-14)11-18(12-19,13-20)16-4-3-5-17(21)10-16/h3-10H,2,11-13H2,1H3. The number of hydrogen-bond donors (Lipinski definition) is 0. The summed E-state index contributed by atoms with van der Waals surface area (Å²) in [5.41, 5.74) is 2.87. The molecule has 0 spiro atoms. The van der Waals surface area contributed by atoms with Crippen molar-refractivity contribution in [1.29, 1.82) is 0 Å². The molecule has 2 rings (SSSR count). The molecule has 0 unspecified atom stereocenters. The fourth-order valence-electron chi connectivity index (χ4n) is 2.49. The lowest BCUT2D eigenvalue weighted by atomic mass is 9.78. The van der Waals surface area contributed by atoms with Gasteiger partial charge in [0.15, 0.2) is 0 Å². The van der Waals surface area contributed by atoms with Gasteiger partial charge in [-0.05, 0) is 41.7 Å². The number of alkyl halides is 2. The van der Waals surface area contributed by atoms with Crippen molar-refractivity contribution < 1.29 is 4.39 Å². The van der Waals surface area contributed by atoms with Gasteiger partial charge in [0.25, 0.3) is 0 Å². The minimum atomic E-state index is -0.445. The summed E-state index contributed by atoms with van der Waals surface area (Å²) in [6.45, 7) is 2.13. The van der Waals surface area contributed by atoms with Crippen molar-refractivity contribution in [1.82, 2.24) is 0 Å². The van der Waals surface area contributed by atoms with E-state index in [1.54, 1.807) is 6.07 Å². The molecule has 0 atom stereocenters. The Morgan fingerprint density at radius 2 is 1.57 bits per heavy atom. The molecule has 0 aliphatic heterocycles. The van der Waals surface area contributed by atoms with Crippen LogP contribution in [0.25, 0.3) is 0 Å². The molecule has 0 aliphatic rings. The molecule has 0 amide bonds. The highest BCUT2D eigenvalue weighted by Crippen LogP contribution is 2.32. The highest BCUT2D eigenvalue weighted by atomic mass is 35.5. The van der Waals surface area contributed by atoms with Gasteiger partial charge >= 0.3 is 0 Å². The van der Waals surface area contributed by atoms with Crippen LogP contribution in [0.5, 0.6) is 0 Å². The normalized spacial score (nSPS) is 11.6. The number of benzene rings is 2. The minimum Gasteiger partial charge on any atom is -0.207 e. The molecule has 112 valence electrons. The second-order valence-corrected chi connectivity index (χ2v) is 5.94. The van der Waals surface area contributed by atoms with E-state index < -0.39 is 5.41 Å². The molecular formula is C18H19Cl2F. The topological polar surface area (TPSA) is 0 Å². The predicted octanol–water partition coefficient (Wildman–Crippen LogP) is 5.35. The lowest BCUT2D eigenvalue weighted by molar-refractivity contribution is 0.528. The Hall–Kier alpha value is -1.05. The zero-order chi connectivity index (χ0) is 15.3. The summed E-state index contributed by atoms with van der Waals surface area (Å²) in [5.74, 6) is 0.457. The van der Waals surface area contributed by atoms with Crippen molar-refractivity contribution in [3.8, 4) is 0 Å². The van der Waals surface area contributed by atoms with Gasteiger partial charge in [0.05, 0.1) is 0 Å². The van der Waals surface area contributed by atoms with E-state index in [0.717, 1.165) is 17.5 Å². The Morgan fingerprint density at radius 3 is 2.10 bits per heavy atom. The Labute approximate surface area is 135 Å². The van der Waals surface area contributed by atoms with Crippen LogP contribution in [0.2, 0.25) is 0 Å². The van der Waals surface area contributed by atoms with Crippen LogP contribution in [0.3, 0.4) is 0 Å². The second kappa shape index (κ2) is 7.29. The minimum absolute atomic E-state index is 0.256. The molecule has 2 aromatic rings. The number of rotatable bonds is 6. The molecular weight excluding hydrogens is 306 g/mol. The van der Waals surface area contributed by atoms with E-state index in [-0.39, 0.29) is 5.82 Å². The summed E-state index contributed by atoms with van der Waals surface area (Å²) in [7, 11) is 0. The molecule has 3 heteroatoms. The van der Waals surface area contributed by atoms with Gasteiger partial charge in [-0.1, -0.05) is 43.3 Å². The monoisotopic (exact) mass is 324 g/mol. The Morgan fingerprint density at radius 1 is 0.952 bits per heavy atom. The van der Waals surface area contributed by atoms with E-state index in [1.165, 1.54) is 17.7 Å². The van der Waals surface area contributed by atoms with Crippen LogP contribution >= 0.6 is 23.2 Å². The smallest absolute Gasteiger partial charge is 0.123 e. The molecule has 2 aromatic carbocycles. The third kappa shape index (κ3) is 3.78. The summed E-state index contributed by atoms with van der Waals surface area (Å²) in [6, 6.07) is 15.0. The third-order valence-corrected chi connectivity index (χ3v) is 4.95.